The molecule has 2 rings (SSSR count). The summed E-state index contributed by atoms with van der Waals surface area (Å²) in [6, 6.07) is 8.55. The molecule has 0 radical (unpaired) electrons. The molecule has 23 heavy (non-hydrogen) atoms. The maximum atomic E-state index is 12.0. The zero-order valence-corrected chi connectivity index (χ0v) is 13.5. The number of nitrogens with one attached hydrogen (secondary N) is 1. The molecule has 1 aromatic carbocycles. The molecule has 0 spiro atoms. The number of benzene rings is 1. The molecule has 1 aromatic heterocycles. The van der Waals surface area contributed by atoms with E-state index < -0.39 is 21.1 Å². The van der Waals surface area contributed by atoms with Crippen molar-refractivity contribution in [2.24, 2.45) is 0 Å². The monoisotopic (exact) mass is 339 g/mol. The van der Waals surface area contributed by atoms with Gasteiger partial charge in [-0.3, -0.25) is 0 Å². The van der Waals surface area contributed by atoms with Gasteiger partial charge in [-0.25, -0.2) is 17.9 Å². The van der Waals surface area contributed by atoms with Crippen molar-refractivity contribution in [3.05, 3.63) is 47.2 Å². The van der Waals surface area contributed by atoms with E-state index in [9.17, 15) is 13.2 Å². The van der Waals surface area contributed by atoms with Gasteiger partial charge in [0.15, 0.2) is 0 Å². The number of rotatable bonds is 7. The second kappa shape index (κ2) is 6.84. The molecule has 0 saturated carbocycles. The molecule has 0 bridgehead atoms. The third-order valence-electron chi connectivity index (χ3n) is 3.01. The number of carboxylic acid groups (broad SMARTS) is 1. The van der Waals surface area contributed by atoms with Crippen molar-refractivity contribution in [1.29, 1.82) is 0 Å². The molecule has 0 unspecified atom stereocenters. The molecule has 2 N–H and O–H groups in total. The van der Waals surface area contributed by atoms with E-state index in [1.807, 2.05) is 25.1 Å². The fourth-order valence-electron chi connectivity index (χ4n) is 1.92. The highest BCUT2D eigenvalue weighted by Crippen LogP contribution is 2.19. The average molecular weight is 339 g/mol. The van der Waals surface area contributed by atoms with E-state index in [1.165, 1.54) is 13.0 Å². The van der Waals surface area contributed by atoms with E-state index in [2.05, 4.69) is 4.72 Å². The Hall–Kier alpha value is -2.32. The molecule has 0 aliphatic rings. The summed E-state index contributed by atoms with van der Waals surface area (Å²) in [5.74, 6) is -1.06. The molecule has 0 saturated heterocycles. The van der Waals surface area contributed by atoms with Gasteiger partial charge in [0.05, 0.1) is 0 Å². The van der Waals surface area contributed by atoms with Gasteiger partial charge in [0.25, 0.3) is 10.0 Å². The summed E-state index contributed by atoms with van der Waals surface area (Å²) in [7, 11) is -3.92. The lowest BCUT2D eigenvalue weighted by atomic mass is 10.2. The molecule has 1 heterocycles. The maximum absolute atomic E-state index is 12.0. The van der Waals surface area contributed by atoms with Crippen LogP contribution in [0, 0.1) is 13.8 Å². The first kappa shape index (κ1) is 17.0. The Morgan fingerprint density at radius 1 is 1.30 bits per heavy atom. The van der Waals surface area contributed by atoms with Crippen molar-refractivity contribution >= 4 is 16.0 Å². The highest BCUT2D eigenvalue weighted by molar-refractivity contribution is 7.89. The van der Waals surface area contributed by atoms with Crippen molar-refractivity contribution in [1.82, 2.24) is 4.72 Å². The van der Waals surface area contributed by atoms with E-state index in [1.54, 1.807) is 6.07 Å². The predicted octanol–water partition coefficient (Wildman–Crippen LogP) is 1.95. The van der Waals surface area contributed by atoms with Gasteiger partial charge in [-0.05, 0) is 31.5 Å². The zero-order chi connectivity index (χ0) is 17.0. The third-order valence-corrected chi connectivity index (χ3v) is 4.32. The van der Waals surface area contributed by atoms with Gasteiger partial charge in [0.2, 0.25) is 10.9 Å². The lowest BCUT2D eigenvalue weighted by Crippen LogP contribution is -2.28. The number of carbonyl (C=O) groups is 1. The summed E-state index contributed by atoms with van der Waals surface area (Å²) in [6.45, 7) is 3.55. The third kappa shape index (κ3) is 4.33. The van der Waals surface area contributed by atoms with Crippen LogP contribution < -0.4 is 9.46 Å². The van der Waals surface area contributed by atoms with Crippen LogP contribution in [0.2, 0.25) is 0 Å². The molecule has 2 aromatic rings. The number of aryl methyl sites for hydroxylation is 2. The molecule has 0 amide bonds. The van der Waals surface area contributed by atoms with Crippen LogP contribution in [0.1, 0.15) is 21.7 Å². The molecule has 7 nitrogen and oxygen atoms in total. The van der Waals surface area contributed by atoms with E-state index in [0.29, 0.717) is 5.75 Å². The average Bonchev–Trinajstić information content (AvgIpc) is 2.87. The summed E-state index contributed by atoms with van der Waals surface area (Å²) in [5.41, 5.74) is 1.28. The van der Waals surface area contributed by atoms with Crippen molar-refractivity contribution in [2.75, 3.05) is 13.2 Å². The van der Waals surface area contributed by atoms with E-state index >= 15 is 0 Å². The van der Waals surface area contributed by atoms with Crippen molar-refractivity contribution in [3.8, 4) is 5.75 Å². The Kier molecular flexibility index (Phi) is 5.07. The minimum atomic E-state index is -3.92. The number of aromatic carboxylic acids is 1. The van der Waals surface area contributed by atoms with Crippen molar-refractivity contribution in [3.63, 3.8) is 0 Å². The van der Waals surface area contributed by atoms with Gasteiger partial charge in [0, 0.05) is 18.2 Å². The summed E-state index contributed by atoms with van der Waals surface area (Å²) in [4.78, 5) is 10.9. The summed E-state index contributed by atoms with van der Waals surface area (Å²) in [6.07, 6.45) is 0. The van der Waals surface area contributed by atoms with Crippen molar-refractivity contribution in [2.45, 2.75) is 18.9 Å². The predicted molar refractivity (Wildman–Crippen MR) is 82.3 cm³/mol. The van der Waals surface area contributed by atoms with Crippen LogP contribution in [0.3, 0.4) is 0 Å². The van der Waals surface area contributed by atoms with Crippen LogP contribution in [0.4, 0.5) is 0 Å². The van der Waals surface area contributed by atoms with E-state index in [-0.39, 0.29) is 24.5 Å². The number of sulfonamides is 1. The highest BCUT2D eigenvalue weighted by atomic mass is 32.2. The molecule has 0 fully saturated rings. The van der Waals surface area contributed by atoms with Gasteiger partial charge in [0.1, 0.15) is 12.4 Å². The largest absolute Gasteiger partial charge is 0.492 e. The standard InChI is InChI=1S/C15H17NO6S/c1-10-4-3-5-12(8-10)21-7-6-16-23(19,20)13-9-11(2)14(22-13)15(17)18/h3-5,8-9,16H,6-7H2,1-2H3,(H,17,18). The quantitative estimate of drug-likeness (QED) is 0.747. The molecule has 0 atom stereocenters. The number of hydrogen-bond acceptors (Lipinski definition) is 5. The van der Waals surface area contributed by atoms with Gasteiger partial charge in [-0.1, -0.05) is 12.1 Å². The fourth-order valence-corrected chi connectivity index (χ4v) is 2.94. The Bertz CT molecular complexity index is 809. The van der Waals surface area contributed by atoms with E-state index in [4.69, 9.17) is 14.3 Å². The second-order valence-corrected chi connectivity index (χ2v) is 6.64. The first-order valence-corrected chi connectivity index (χ1v) is 8.31. The van der Waals surface area contributed by atoms with Gasteiger partial charge < -0.3 is 14.3 Å². The lowest BCUT2D eigenvalue weighted by molar-refractivity contribution is 0.0655. The van der Waals surface area contributed by atoms with Crippen LogP contribution in [-0.2, 0) is 10.0 Å². The Labute approximate surface area is 133 Å². The first-order chi connectivity index (χ1) is 10.8. The van der Waals surface area contributed by atoms with Crippen LogP contribution in [0.25, 0.3) is 0 Å². The zero-order valence-electron chi connectivity index (χ0n) is 12.7. The van der Waals surface area contributed by atoms with Gasteiger partial charge in [-0.2, -0.15) is 0 Å². The van der Waals surface area contributed by atoms with Gasteiger partial charge in [-0.15, -0.1) is 0 Å². The topological polar surface area (TPSA) is 106 Å². The maximum Gasteiger partial charge on any atom is 0.372 e. The first-order valence-electron chi connectivity index (χ1n) is 6.82. The number of furan rings is 1. The van der Waals surface area contributed by atoms with Crippen LogP contribution >= 0.6 is 0 Å². The summed E-state index contributed by atoms with van der Waals surface area (Å²) in [5, 5.41) is 8.45. The number of ether oxygens (including phenoxy) is 1. The SMILES string of the molecule is Cc1cccc(OCCNS(=O)(=O)c2cc(C)c(C(=O)O)o2)c1. The number of carboxylic acids is 1. The van der Waals surface area contributed by atoms with Crippen molar-refractivity contribution < 1.29 is 27.5 Å². The minimum absolute atomic E-state index is 0.0262. The molecule has 8 heteroatoms. The Balaban J connectivity index is 1.94. The summed E-state index contributed by atoms with van der Waals surface area (Å²) >= 11 is 0. The van der Waals surface area contributed by atoms with E-state index in [0.717, 1.165) is 5.56 Å². The molecule has 124 valence electrons. The second-order valence-electron chi connectivity index (χ2n) is 4.95. The number of hydrogen-bond donors (Lipinski definition) is 2. The fraction of sp³-hybridized carbons (Fsp3) is 0.267. The molecule has 0 aliphatic heterocycles. The normalized spacial score (nSPS) is 11.4. The minimum Gasteiger partial charge on any atom is -0.492 e. The highest BCUT2D eigenvalue weighted by Gasteiger charge is 2.23. The summed E-state index contributed by atoms with van der Waals surface area (Å²) < 4.78 is 36.7. The van der Waals surface area contributed by atoms with Crippen LogP contribution in [0.5, 0.6) is 5.75 Å². The van der Waals surface area contributed by atoms with Crippen LogP contribution in [0.15, 0.2) is 39.8 Å². The van der Waals surface area contributed by atoms with Gasteiger partial charge >= 0.3 is 5.97 Å². The lowest BCUT2D eigenvalue weighted by Gasteiger charge is -2.07. The molecular weight excluding hydrogens is 322 g/mol. The molecule has 0 aliphatic carbocycles. The smallest absolute Gasteiger partial charge is 0.372 e. The molecular formula is C15H17NO6S. The van der Waals surface area contributed by atoms with Crippen LogP contribution in [-0.4, -0.2) is 32.6 Å². The Morgan fingerprint density at radius 3 is 2.65 bits per heavy atom. The Morgan fingerprint density at radius 2 is 2.04 bits per heavy atom.